The first-order valence-corrected chi connectivity index (χ1v) is 3.92. The lowest BCUT2D eigenvalue weighted by Crippen LogP contribution is -2.14. The molecule has 1 unspecified atom stereocenters. The van der Waals surface area contributed by atoms with Crippen molar-refractivity contribution in [2.24, 2.45) is 0 Å². The van der Waals surface area contributed by atoms with Gasteiger partial charge < -0.3 is 9.30 Å². The highest BCUT2D eigenvalue weighted by Crippen LogP contribution is 2.21. The van der Waals surface area contributed by atoms with Crippen LogP contribution >= 0.6 is 0 Å². The second-order valence-electron chi connectivity index (χ2n) is 2.74. The molecule has 0 spiro atoms. The molecule has 0 amide bonds. The first-order chi connectivity index (χ1) is 6.33. The smallest absolute Gasteiger partial charge is 0.329 e. The molecule has 0 aliphatic carbocycles. The van der Waals surface area contributed by atoms with Crippen molar-refractivity contribution in [2.75, 3.05) is 6.61 Å². The van der Waals surface area contributed by atoms with Crippen LogP contribution in [-0.2, 0) is 9.53 Å². The molecule has 0 saturated carbocycles. The number of esters is 1. The van der Waals surface area contributed by atoms with Crippen molar-refractivity contribution < 1.29 is 9.53 Å². The third kappa shape index (κ3) is 1.16. The summed E-state index contributed by atoms with van der Waals surface area (Å²) in [5, 5.41) is 8.67. The van der Waals surface area contributed by atoms with Gasteiger partial charge in [0, 0.05) is 18.8 Å². The average molecular weight is 177 g/mol. The number of nitrogens with zero attached hydrogens (tertiary/aromatic N) is 3. The lowest BCUT2D eigenvalue weighted by atomic mass is 10.2. The van der Waals surface area contributed by atoms with E-state index in [1.807, 2.05) is 6.07 Å². The van der Waals surface area contributed by atoms with E-state index in [9.17, 15) is 4.79 Å². The fourth-order valence-electron chi connectivity index (χ4n) is 1.39. The maximum absolute atomic E-state index is 11.2. The van der Waals surface area contributed by atoms with Crippen LogP contribution in [0.4, 0.5) is 0 Å². The van der Waals surface area contributed by atoms with Crippen molar-refractivity contribution in [3.8, 4) is 6.07 Å². The fraction of sp³-hybridized carbons (Fsp3) is 0.375. The number of nitriles is 1. The first kappa shape index (κ1) is 7.80. The number of carbonyl (C=O) groups is 1. The highest BCUT2D eigenvalue weighted by molar-refractivity contribution is 5.76. The van der Waals surface area contributed by atoms with Gasteiger partial charge in [-0.1, -0.05) is 0 Å². The summed E-state index contributed by atoms with van der Waals surface area (Å²) in [6.07, 6.45) is 3.74. The number of hydrogen-bond donors (Lipinski definition) is 0. The molecule has 0 radical (unpaired) electrons. The standard InChI is InChI=1S/C8H7N3O2/c9-5-7-10-2-3-11(7)6-1-4-13-8(6)12/h2-3,6H,1,4H2. The second kappa shape index (κ2) is 2.90. The molecule has 0 bridgehead atoms. The Balaban J connectivity index is 2.35. The largest absolute Gasteiger partial charge is 0.464 e. The highest BCUT2D eigenvalue weighted by Gasteiger charge is 2.29. The summed E-state index contributed by atoms with van der Waals surface area (Å²) in [5.41, 5.74) is 0. The number of imidazole rings is 1. The molecule has 2 heterocycles. The number of rotatable bonds is 1. The predicted octanol–water partition coefficient (Wildman–Crippen LogP) is 0.243. The van der Waals surface area contributed by atoms with Crippen LogP contribution in [-0.4, -0.2) is 22.1 Å². The van der Waals surface area contributed by atoms with Gasteiger partial charge in [0.15, 0.2) is 0 Å². The third-order valence-corrected chi connectivity index (χ3v) is 2.01. The minimum Gasteiger partial charge on any atom is -0.464 e. The van der Waals surface area contributed by atoms with Crippen LogP contribution in [0.5, 0.6) is 0 Å². The van der Waals surface area contributed by atoms with Gasteiger partial charge in [-0.3, -0.25) is 0 Å². The first-order valence-electron chi connectivity index (χ1n) is 3.92. The van der Waals surface area contributed by atoms with Gasteiger partial charge in [-0.15, -0.1) is 0 Å². The van der Waals surface area contributed by atoms with Gasteiger partial charge in [0.1, 0.15) is 12.1 Å². The van der Waals surface area contributed by atoms with Gasteiger partial charge >= 0.3 is 5.97 Å². The summed E-state index contributed by atoms with van der Waals surface area (Å²) < 4.78 is 6.34. The maximum atomic E-state index is 11.2. The van der Waals surface area contributed by atoms with E-state index in [1.165, 1.54) is 6.20 Å². The molecule has 1 aliphatic heterocycles. The number of hydrogen-bond acceptors (Lipinski definition) is 4. The third-order valence-electron chi connectivity index (χ3n) is 2.01. The van der Waals surface area contributed by atoms with E-state index in [4.69, 9.17) is 10.00 Å². The molecular weight excluding hydrogens is 170 g/mol. The van der Waals surface area contributed by atoms with Crippen LogP contribution < -0.4 is 0 Å². The number of carbonyl (C=O) groups excluding carboxylic acids is 1. The summed E-state index contributed by atoms with van der Waals surface area (Å²) in [4.78, 5) is 15.0. The van der Waals surface area contributed by atoms with Crippen LogP contribution in [0.25, 0.3) is 0 Å². The molecule has 1 atom stereocenters. The molecule has 13 heavy (non-hydrogen) atoms. The van der Waals surface area contributed by atoms with Gasteiger partial charge in [0.25, 0.3) is 0 Å². The summed E-state index contributed by atoms with van der Waals surface area (Å²) in [6, 6.07) is 1.55. The monoisotopic (exact) mass is 177 g/mol. The molecule has 1 saturated heterocycles. The Bertz CT molecular complexity index is 377. The van der Waals surface area contributed by atoms with E-state index in [1.54, 1.807) is 10.8 Å². The molecule has 5 heteroatoms. The van der Waals surface area contributed by atoms with E-state index in [0.717, 1.165) is 0 Å². The van der Waals surface area contributed by atoms with Crippen LogP contribution in [0.2, 0.25) is 0 Å². The van der Waals surface area contributed by atoms with Crippen molar-refractivity contribution in [2.45, 2.75) is 12.5 Å². The summed E-state index contributed by atoms with van der Waals surface area (Å²) in [5.74, 6) is -0.0293. The Morgan fingerprint density at radius 1 is 1.77 bits per heavy atom. The fourth-order valence-corrected chi connectivity index (χ4v) is 1.39. The summed E-state index contributed by atoms with van der Waals surface area (Å²) in [6.45, 7) is 0.423. The van der Waals surface area contributed by atoms with E-state index in [-0.39, 0.29) is 17.8 Å². The molecule has 1 fully saturated rings. The topological polar surface area (TPSA) is 67.9 Å². The minimum absolute atomic E-state index is 0.254. The molecule has 1 aromatic rings. The Kier molecular flexibility index (Phi) is 1.74. The quantitative estimate of drug-likeness (QED) is 0.576. The molecule has 66 valence electrons. The van der Waals surface area contributed by atoms with E-state index < -0.39 is 0 Å². The van der Waals surface area contributed by atoms with Crippen LogP contribution in [0.1, 0.15) is 18.3 Å². The van der Waals surface area contributed by atoms with Gasteiger partial charge in [0.2, 0.25) is 5.82 Å². The lowest BCUT2D eigenvalue weighted by molar-refractivity contribution is -0.140. The minimum atomic E-state index is -0.364. The average Bonchev–Trinajstić information content (AvgIpc) is 2.71. The van der Waals surface area contributed by atoms with Crippen molar-refractivity contribution in [3.63, 3.8) is 0 Å². The predicted molar refractivity (Wildman–Crippen MR) is 41.6 cm³/mol. The Hall–Kier alpha value is -1.83. The normalized spacial score (nSPS) is 21.2. The molecule has 2 rings (SSSR count). The van der Waals surface area contributed by atoms with Crippen molar-refractivity contribution in [3.05, 3.63) is 18.2 Å². The molecule has 1 aliphatic rings. The number of cyclic esters (lactones) is 1. The Morgan fingerprint density at radius 2 is 2.62 bits per heavy atom. The Labute approximate surface area is 74.6 Å². The number of aromatic nitrogens is 2. The molecular formula is C8H7N3O2. The molecule has 0 N–H and O–H groups in total. The lowest BCUT2D eigenvalue weighted by Gasteiger charge is -2.06. The molecule has 0 aromatic carbocycles. The van der Waals surface area contributed by atoms with E-state index in [0.29, 0.717) is 13.0 Å². The zero-order valence-electron chi connectivity index (χ0n) is 6.80. The SMILES string of the molecule is N#Cc1nccn1C1CCOC1=O. The highest BCUT2D eigenvalue weighted by atomic mass is 16.5. The van der Waals surface area contributed by atoms with Crippen LogP contribution in [0.3, 0.4) is 0 Å². The zero-order chi connectivity index (χ0) is 9.26. The van der Waals surface area contributed by atoms with Gasteiger partial charge in [0.05, 0.1) is 6.61 Å². The van der Waals surface area contributed by atoms with Gasteiger partial charge in [-0.2, -0.15) is 5.26 Å². The van der Waals surface area contributed by atoms with Gasteiger partial charge in [-0.05, 0) is 0 Å². The zero-order valence-corrected chi connectivity index (χ0v) is 6.80. The number of ether oxygens (including phenoxy) is 1. The Morgan fingerprint density at radius 3 is 3.23 bits per heavy atom. The summed E-state index contributed by atoms with van der Waals surface area (Å²) in [7, 11) is 0. The van der Waals surface area contributed by atoms with Crippen molar-refractivity contribution in [1.29, 1.82) is 5.26 Å². The second-order valence-corrected chi connectivity index (χ2v) is 2.74. The summed E-state index contributed by atoms with van der Waals surface area (Å²) >= 11 is 0. The molecule has 5 nitrogen and oxygen atoms in total. The van der Waals surface area contributed by atoms with E-state index >= 15 is 0 Å². The van der Waals surface area contributed by atoms with Gasteiger partial charge in [-0.25, -0.2) is 9.78 Å². The maximum Gasteiger partial charge on any atom is 0.329 e. The molecule has 1 aromatic heterocycles. The van der Waals surface area contributed by atoms with Crippen molar-refractivity contribution >= 4 is 5.97 Å². The van der Waals surface area contributed by atoms with Crippen LogP contribution in [0, 0.1) is 11.3 Å². The van der Waals surface area contributed by atoms with Crippen LogP contribution in [0.15, 0.2) is 12.4 Å². The van der Waals surface area contributed by atoms with E-state index in [2.05, 4.69) is 4.98 Å². The van der Waals surface area contributed by atoms with Crippen molar-refractivity contribution in [1.82, 2.24) is 9.55 Å².